The maximum Gasteiger partial charge on any atom is 0.237 e. The van der Waals surface area contributed by atoms with Crippen LogP contribution >= 0.6 is 0 Å². The lowest BCUT2D eigenvalue weighted by Crippen LogP contribution is -1.98. The second kappa shape index (κ2) is 4.29. The summed E-state index contributed by atoms with van der Waals surface area (Å²) in [4.78, 5) is 0. The molecule has 0 aliphatic carbocycles. The molecule has 0 spiro atoms. The number of hydrogen-bond donors (Lipinski definition) is 2. The molecule has 2 rings (SSSR count). The number of anilines is 1. The maximum absolute atomic E-state index is 8.57. The second-order valence-electron chi connectivity index (χ2n) is 3.24. The van der Waals surface area contributed by atoms with Crippen LogP contribution in [0.2, 0.25) is 0 Å². The summed E-state index contributed by atoms with van der Waals surface area (Å²) < 4.78 is 0. The van der Waals surface area contributed by atoms with Crippen molar-refractivity contribution in [2.24, 2.45) is 5.10 Å². The summed E-state index contributed by atoms with van der Waals surface area (Å²) in [7, 11) is 0. The summed E-state index contributed by atoms with van der Waals surface area (Å²) in [5.41, 5.74) is 5.24. The van der Waals surface area contributed by atoms with Crippen molar-refractivity contribution in [1.82, 2.24) is 15.4 Å². The molecule has 2 aromatic rings. The third-order valence-electron chi connectivity index (χ3n) is 2.19. The Morgan fingerprint density at radius 3 is 2.82 bits per heavy atom. The van der Waals surface area contributed by atoms with Crippen LogP contribution in [-0.4, -0.2) is 21.1 Å². The fourth-order valence-electron chi connectivity index (χ4n) is 1.34. The Bertz CT molecular complexity index is 652. The molecule has 0 aliphatic heterocycles. The van der Waals surface area contributed by atoms with Gasteiger partial charge in [-0.15, -0.1) is 0 Å². The van der Waals surface area contributed by atoms with Crippen LogP contribution in [0.15, 0.2) is 17.2 Å². The van der Waals surface area contributed by atoms with Crippen molar-refractivity contribution in [3.8, 4) is 12.1 Å². The molecule has 0 saturated carbocycles. The molecular formula is C10H7N7. The Morgan fingerprint density at radius 2 is 2.12 bits per heavy atom. The maximum atomic E-state index is 8.57. The third-order valence-corrected chi connectivity index (χ3v) is 2.19. The first-order valence-electron chi connectivity index (χ1n) is 4.70. The molecule has 7 nitrogen and oxygen atoms in total. The first kappa shape index (κ1) is 10.6. The molecule has 0 radical (unpaired) electrons. The van der Waals surface area contributed by atoms with Gasteiger partial charge in [0, 0.05) is 0 Å². The molecule has 0 fully saturated rings. The number of benzene rings is 1. The van der Waals surface area contributed by atoms with Gasteiger partial charge in [0.05, 0.1) is 5.69 Å². The van der Waals surface area contributed by atoms with E-state index in [2.05, 4.69) is 25.9 Å². The molecule has 0 amide bonds. The Balaban J connectivity index is 2.46. The Morgan fingerprint density at radius 1 is 1.35 bits per heavy atom. The highest BCUT2D eigenvalue weighted by Crippen LogP contribution is 2.23. The van der Waals surface area contributed by atoms with Crippen molar-refractivity contribution >= 4 is 22.4 Å². The van der Waals surface area contributed by atoms with E-state index in [4.69, 9.17) is 10.5 Å². The van der Waals surface area contributed by atoms with E-state index in [0.717, 1.165) is 5.56 Å². The molecule has 17 heavy (non-hydrogen) atoms. The topological polar surface area (TPSA) is 114 Å². The van der Waals surface area contributed by atoms with Gasteiger partial charge in [0.1, 0.15) is 23.2 Å². The Kier molecular flexibility index (Phi) is 2.67. The molecule has 7 heteroatoms. The van der Waals surface area contributed by atoms with Gasteiger partial charge >= 0.3 is 0 Å². The number of hydrazone groups is 1. The molecule has 1 heterocycles. The molecular weight excluding hydrogens is 218 g/mol. The molecule has 0 bridgehead atoms. The standard InChI is InChI=1S/C10H7N7/c1-6-2-3-8-10(16-17-14-8)9(6)15-13-7(4-11)5-12/h2-3,15H,1H3,(H,14,16,17). The average molecular weight is 225 g/mol. The van der Waals surface area contributed by atoms with Crippen molar-refractivity contribution in [2.45, 2.75) is 6.92 Å². The number of aromatic nitrogens is 3. The number of nitrogens with zero attached hydrogens (tertiary/aromatic N) is 5. The fourth-order valence-corrected chi connectivity index (χ4v) is 1.34. The van der Waals surface area contributed by atoms with Gasteiger partial charge in [-0.2, -0.15) is 31.0 Å². The number of nitriles is 2. The van der Waals surface area contributed by atoms with Crippen molar-refractivity contribution in [1.29, 1.82) is 10.5 Å². The smallest absolute Gasteiger partial charge is 0.237 e. The Labute approximate surface area is 96.4 Å². The van der Waals surface area contributed by atoms with E-state index in [0.29, 0.717) is 16.7 Å². The number of H-pyrrole nitrogens is 1. The molecule has 0 saturated heterocycles. The number of fused-ring (bicyclic) bond motifs is 1. The van der Waals surface area contributed by atoms with Crippen LogP contribution in [0.25, 0.3) is 11.0 Å². The van der Waals surface area contributed by atoms with Gasteiger partial charge in [0.15, 0.2) is 0 Å². The zero-order chi connectivity index (χ0) is 12.3. The molecule has 2 N–H and O–H groups in total. The van der Waals surface area contributed by atoms with Gasteiger partial charge in [0.25, 0.3) is 0 Å². The minimum atomic E-state index is -0.245. The lowest BCUT2D eigenvalue weighted by atomic mass is 10.2. The summed E-state index contributed by atoms with van der Waals surface area (Å²) in [6.07, 6.45) is 0. The zero-order valence-electron chi connectivity index (χ0n) is 8.89. The van der Waals surface area contributed by atoms with Crippen LogP contribution in [-0.2, 0) is 0 Å². The summed E-state index contributed by atoms with van der Waals surface area (Å²) in [6.45, 7) is 1.87. The van der Waals surface area contributed by atoms with Crippen LogP contribution < -0.4 is 5.43 Å². The molecule has 1 aromatic carbocycles. The van der Waals surface area contributed by atoms with E-state index in [9.17, 15) is 0 Å². The second-order valence-corrected chi connectivity index (χ2v) is 3.24. The van der Waals surface area contributed by atoms with Crippen LogP contribution in [0.3, 0.4) is 0 Å². The third kappa shape index (κ3) is 1.90. The lowest BCUT2D eigenvalue weighted by molar-refractivity contribution is 0.959. The van der Waals surface area contributed by atoms with Gasteiger partial charge < -0.3 is 0 Å². The number of nitrogens with one attached hydrogen (secondary N) is 2. The van der Waals surface area contributed by atoms with Crippen molar-refractivity contribution in [2.75, 3.05) is 5.43 Å². The van der Waals surface area contributed by atoms with Crippen LogP contribution in [0, 0.1) is 29.6 Å². The normalized spacial score (nSPS) is 9.35. The first-order chi connectivity index (χ1) is 8.26. The Hall–Kier alpha value is -2.93. The minimum Gasteiger partial charge on any atom is -0.274 e. The first-order valence-corrected chi connectivity index (χ1v) is 4.70. The molecule has 82 valence electrons. The summed E-state index contributed by atoms with van der Waals surface area (Å²) in [6, 6.07) is 7.00. The van der Waals surface area contributed by atoms with Crippen molar-refractivity contribution < 1.29 is 0 Å². The largest absolute Gasteiger partial charge is 0.274 e. The summed E-state index contributed by atoms with van der Waals surface area (Å²) in [5.74, 6) is 0. The zero-order valence-corrected chi connectivity index (χ0v) is 8.89. The van der Waals surface area contributed by atoms with Crippen LogP contribution in [0.4, 0.5) is 5.69 Å². The van der Waals surface area contributed by atoms with Crippen LogP contribution in [0.5, 0.6) is 0 Å². The van der Waals surface area contributed by atoms with Crippen LogP contribution in [0.1, 0.15) is 5.56 Å². The number of hydrogen-bond acceptors (Lipinski definition) is 6. The van der Waals surface area contributed by atoms with E-state index in [-0.39, 0.29) is 5.71 Å². The highest BCUT2D eigenvalue weighted by atomic mass is 15.3. The molecule has 0 aliphatic rings. The molecule has 0 atom stereocenters. The van der Waals surface area contributed by atoms with E-state index in [1.165, 1.54) is 0 Å². The predicted molar refractivity (Wildman–Crippen MR) is 60.9 cm³/mol. The highest BCUT2D eigenvalue weighted by Gasteiger charge is 2.07. The van der Waals surface area contributed by atoms with Crippen molar-refractivity contribution in [3.63, 3.8) is 0 Å². The lowest BCUT2D eigenvalue weighted by Gasteiger charge is -2.03. The van der Waals surface area contributed by atoms with E-state index >= 15 is 0 Å². The fraction of sp³-hybridized carbons (Fsp3) is 0.100. The average Bonchev–Trinajstić information content (AvgIpc) is 2.81. The summed E-state index contributed by atoms with van der Waals surface area (Å²) >= 11 is 0. The van der Waals surface area contributed by atoms with E-state index < -0.39 is 0 Å². The van der Waals surface area contributed by atoms with E-state index in [1.807, 2.05) is 19.1 Å². The highest BCUT2D eigenvalue weighted by molar-refractivity contribution is 6.10. The molecule has 1 aromatic heterocycles. The predicted octanol–water partition coefficient (Wildman–Crippen LogP) is 1.08. The minimum absolute atomic E-state index is 0.245. The summed E-state index contributed by atoms with van der Waals surface area (Å²) in [5, 5.41) is 31.2. The number of aryl methyl sites for hydroxylation is 1. The van der Waals surface area contributed by atoms with Gasteiger partial charge in [-0.25, -0.2) is 0 Å². The van der Waals surface area contributed by atoms with Crippen molar-refractivity contribution in [3.05, 3.63) is 17.7 Å². The van der Waals surface area contributed by atoms with Gasteiger partial charge in [-0.05, 0) is 18.6 Å². The van der Waals surface area contributed by atoms with E-state index in [1.54, 1.807) is 12.1 Å². The van der Waals surface area contributed by atoms with Gasteiger partial charge in [-0.3, -0.25) is 5.43 Å². The number of aromatic amines is 1. The molecule has 0 unspecified atom stereocenters. The van der Waals surface area contributed by atoms with Gasteiger partial charge in [0.2, 0.25) is 5.71 Å². The quantitative estimate of drug-likeness (QED) is 0.586. The SMILES string of the molecule is Cc1ccc2n[nH]nc2c1NN=C(C#N)C#N. The van der Waals surface area contributed by atoms with Gasteiger partial charge in [-0.1, -0.05) is 6.07 Å². The number of rotatable bonds is 2. The monoisotopic (exact) mass is 225 g/mol.